The lowest BCUT2D eigenvalue weighted by atomic mass is 10.1. The monoisotopic (exact) mass is 217 g/mol. The van der Waals surface area contributed by atoms with Gasteiger partial charge in [-0.3, -0.25) is 4.79 Å². The molecule has 15 heavy (non-hydrogen) atoms. The van der Waals surface area contributed by atoms with Crippen LogP contribution in [-0.2, 0) is 9.53 Å². The van der Waals surface area contributed by atoms with E-state index >= 15 is 0 Å². The van der Waals surface area contributed by atoms with E-state index < -0.39 is 23.8 Å². The van der Waals surface area contributed by atoms with Gasteiger partial charge >= 0.3 is 6.09 Å². The minimum Gasteiger partial charge on any atom is -0.444 e. The Kier molecular flexibility index (Phi) is 4.74. The van der Waals surface area contributed by atoms with Gasteiger partial charge in [-0.15, -0.1) is 0 Å². The summed E-state index contributed by atoms with van der Waals surface area (Å²) in [5.74, 6) is -0.309. The fraction of sp³-hybridized carbons (Fsp3) is 0.800. The first-order valence-electron chi connectivity index (χ1n) is 4.81. The summed E-state index contributed by atoms with van der Waals surface area (Å²) >= 11 is 0. The molecule has 0 rings (SSSR count). The third kappa shape index (κ3) is 6.06. The standard InChI is InChI=1S/C10H19NO4/c1-6(12)8(7(2)13)11-9(14)15-10(3,4)5/h6,8,12H,1-5H3,(H,11,14)/t6-,8+/m0/s1. The zero-order valence-electron chi connectivity index (χ0n) is 9.83. The molecule has 0 spiro atoms. The van der Waals surface area contributed by atoms with Gasteiger partial charge in [0, 0.05) is 0 Å². The number of ketones is 1. The van der Waals surface area contributed by atoms with Crippen molar-refractivity contribution in [2.24, 2.45) is 0 Å². The van der Waals surface area contributed by atoms with Crippen LogP contribution in [0.4, 0.5) is 4.79 Å². The Hall–Kier alpha value is -1.10. The number of aliphatic hydroxyl groups is 1. The molecule has 0 bridgehead atoms. The highest BCUT2D eigenvalue weighted by molar-refractivity contribution is 5.86. The van der Waals surface area contributed by atoms with Gasteiger partial charge < -0.3 is 15.2 Å². The number of carbonyl (C=O) groups is 2. The van der Waals surface area contributed by atoms with Gasteiger partial charge in [-0.25, -0.2) is 4.79 Å². The van der Waals surface area contributed by atoms with Gasteiger partial charge in [-0.05, 0) is 34.6 Å². The van der Waals surface area contributed by atoms with Crippen molar-refractivity contribution in [1.82, 2.24) is 5.32 Å². The summed E-state index contributed by atoms with van der Waals surface area (Å²) in [6.07, 6.45) is -1.64. The lowest BCUT2D eigenvalue weighted by Crippen LogP contribution is -2.48. The quantitative estimate of drug-likeness (QED) is 0.734. The van der Waals surface area contributed by atoms with Crippen LogP contribution in [0.2, 0.25) is 0 Å². The number of carbonyl (C=O) groups excluding carboxylic acids is 2. The molecule has 5 heteroatoms. The van der Waals surface area contributed by atoms with Crippen molar-refractivity contribution in [3.8, 4) is 0 Å². The summed E-state index contributed by atoms with van der Waals surface area (Å²) in [5, 5.41) is 11.6. The van der Waals surface area contributed by atoms with Gasteiger partial charge in [0.1, 0.15) is 11.6 Å². The van der Waals surface area contributed by atoms with Crippen LogP contribution in [0.1, 0.15) is 34.6 Å². The van der Waals surface area contributed by atoms with E-state index in [2.05, 4.69) is 5.32 Å². The summed E-state index contributed by atoms with van der Waals surface area (Å²) in [7, 11) is 0. The molecule has 0 aromatic rings. The Morgan fingerprint density at radius 2 is 1.80 bits per heavy atom. The average Bonchev–Trinajstić information content (AvgIpc) is 1.95. The van der Waals surface area contributed by atoms with Crippen LogP contribution < -0.4 is 5.32 Å². The van der Waals surface area contributed by atoms with Gasteiger partial charge in [-0.1, -0.05) is 0 Å². The molecule has 0 heterocycles. The van der Waals surface area contributed by atoms with Crippen LogP contribution in [-0.4, -0.2) is 34.7 Å². The average molecular weight is 217 g/mol. The zero-order chi connectivity index (χ0) is 12.2. The first-order valence-corrected chi connectivity index (χ1v) is 4.81. The van der Waals surface area contributed by atoms with Gasteiger partial charge in [0.15, 0.2) is 5.78 Å². The van der Waals surface area contributed by atoms with Crippen LogP contribution >= 0.6 is 0 Å². The SMILES string of the molecule is CC(=O)[C@H](NC(=O)OC(C)(C)C)[C@H](C)O. The number of alkyl carbamates (subject to hydrolysis) is 1. The van der Waals surface area contributed by atoms with Crippen molar-refractivity contribution >= 4 is 11.9 Å². The third-order valence-corrected chi connectivity index (χ3v) is 1.59. The van der Waals surface area contributed by atoms with Crippen LogP contribution in [0.15, 0.2) is 0 Å². The van der Waals surface area contributed by atoms with E-state index in [0.29, 0.717) is 0 Å². The second-order valence-electron chi connectivity index (χ2n) is 4.48. The summed E-state index contributed by atoms with van der Waals surface area (Å²) in [6, 6.07) is -0.917. The third-order valence-electron chi connectivity index (χ3n) is 1.59. The van der Waals surface area contributed by atoms with Crippen LogP contribution in [0.3, 0.4) is 0 Å². The van der Waals surface area contributed by atoms with E-state index in [4.69, 9.17) is 4.74 Å². The number of rotatable bonds is 3. The fourth-order valence-electron chi connectivity index (χ4n) is 0.996. The van der Waals surface area contributed by atoms with Crippen LogP contribution in [0.5, 0.6) is 0 Å². The summed E-state index contributed by atoms with van der Waals surface area (Å²) in [5.41, 5.74) is -0.621. The molecule has 2 N–H and O–H groups in total. The van der Waals surface area contributed by atoms with Crippen LogP contribution in [0.25, 0.3) is 0 Å². The normalized spacial score (nSPS) is 15.3. The Morgan fingerprint density at radius 3 is 2.07 bits per heavy atom. The number of hydrogen-bond donors (Lipinski definition) is 2. The predicted octanol–water partition coefficient (Wildman–Crippen LogP) is 0.849. The van der Waals surface area contributed by atoms with Crippen molar-refractivity contribution < 1.29 is 19.4 Å². The number of hydrogen-bond acceptors (Lipinski definition) is 4. The molecule has 0 saturated heterocycles. The highest BCUT2D eigenvalue weighted by atomic mass is 16.6. The van der Waals surface area contributed by atoms with Crippen molar-refractivity contribution in [1.29, 1.82) is 0 Å². The van der Waals surface area contributed by atoms with E-state index in [1.165, 1.54) is 13.8 Å². The summed E-state index contributed by atoms with van der Waals surface area (Å²) in [6.45, 7) is 7.89. The molecule has 0 aliphatic heterocycles. The van der Waals surface area contributed by atoms with Gasteiger partial charge in [0.2, 0.25) is 0 Å². The zero-order valence-corrected chi connectivity index (χ0v) is 9.83. The second kappa shape index (κ2) is 5.11. The molecule has 0 unspecified atom stereocenters. The minimum atomic E-state index is -0.935. The second-order valence-corrected chi connectivity index (χ2v) is 4.48. The van der Waals surface area contributed by atoms with E-state index in [1.807, 2.05) is 0 Å². The smallest absolute Gasteiger partial charge is 0.408 e. The van der Waals surface area contributed by atoms with Crippen LogP contribution in [0, 0.1) is 0 Å². The topological polar surface area (TPSA) is 75.6 Å². The minimum absolute atomic E-state index is 0.309. The van der Waals surface area contributed by atoms with E-state index in [9.17, 15) is 14.7 Å². The number of aliphatic hydroxyl groups excluding tert-OH is 1. The maximum Gasteiger partial charge on any atom is 0.408 e. The number of ether oxygens (including phenoxy) is 1. The molecule has 0 aromatic heterocycles. The lowest BCUT2D eigenvalue weighted by Gasteiger charge is -2.23. The Labute approximate surface area is 89.8 Å². The highest BCUT2D eigenvalue weighted by Gasteiger charge is 2.25. The first-order chi connectivity index (χ1) is 6.63. The lowest BCUT2D eigenvalue weighted by molar-refractivity contribution is -0.121. The largest absolute Gasteiger partial charge is 0.444 e. The van der Waals surface area contributed by atoms with Crippen molar-refractivity contribution in [2.75, 3.05) is 0 Å². The van der Waals surface area contributed by atoms with E-state index in [1.54, 1.807) is 20.8 Å². The summed E-state index contributed by atoms with van der Waals surface area (Å²) < 4.78 is 4.96. The molecule has 0 radical (unpaired) electrons. The van der Waals surface area contributed by atoms with Gasteiger partial charge in [0.05, 0.1) is 6.10 Å². The molecular formula is C10H19NO4. The molecule has 88 valence electrons. The molecular weight excluding hydrogens is 198 g/mol. The van der Waals surface area contributed by atoms with Gasteiger partial charge in [0.25, 0.3) is 0 Å². The van der Waals surface area contributed by atoms with Gasteiger partial charge in [-0.2, -0.15) is 0 Å². The molecule has 1 amide bonds. The Bertz CT molecular complexity index is 242. The molecule has 2 atom stereocenters. The Balaban J connectivity index is 4.31. The predicted molar refractivity (Wildman–Crippen MR) is 55.5 cm³/mol. The number of nitrogens with one attached hydrogen (secondary N) is 1. The Morgan fingerprint density at radius 1 is 1.33 bits per heavy atom. The molecule has 5 nitrogen and oxygen atoms in total. The molecule has 0 fully saturated rings. The molecule has 0 aliphatic rings. The van der Waals surface area contributed by atoms with Crippen molar-refractivity contribution in [3.05, 3.63) is 0 Å². The maximum atomic E-state index is 11.3. The molecule has 0 aliphatic carbocycles. The van der Waals surface area contributed by atoms with E-state index in [-0.39, 0.29) is 5.78 Å². The van der Waals surface area contributed by atoms with Crippen molar-refractivity contribution in [2.45, 2.75) is 52.4 Å². The number of Topliss-reactive ketones (excluding diaryl/α,β-unsaturated/α-hetero) is 1. The fourth-order valence-corrected chi connectivity index (χ4v) is 0.996. The molecule has 0 aromatic carbocycles. The van der Waals surface area contributed by atoms with E-state index in [0.717, 1.165) is 0 Å². The van der Waals surface area contributed by atoms with Crippen molar-refractivity contribution in [3.63, 3.8) is 0 Å². The highest BCUT2D eigenvalue weighted by Crippen LogP contribution is 2.07. The molecule has 0 saturated carbocycles. The summed E-state index contributed by atoms with van der Waals surface area (Å²) in [4.78, 5) is 22.3. The maximum absolute atomic E-state index is 11.3. The first kappa shape index (κ1) is 13.9. The number of amides is 1.